The van der Waals surface area contributed by atoms with Crippen molar-refractivity contribution in [3.63, 3.8) is 0 Å². The average molecular weight is 728 g/mol. The van der Waals surface area contributed by atoms with E-state index in [-0.39, 0.29) is 23.7 Å². The Balaban J connectivity index is 0.000000402. The third-order valence-electron chi connectivity index (χ3n) is 7.74. The van der Waals surface area contributed by atoms with E-state index < -0.39 is 23.9 Å². The van der Waals surface area contributed by atoms with Crippen LogP contribution >= 0.6 is 11.6 Å². The lowest BCUT2D eigenvalue weighted by Gasteiger charge is -2.32. The normalized spacial score (nSPS) is 14.8. The predicted molar refractivity (Wildman–Crippen MR) is 171 cm³/mol. The molecule has 11 nitrogen and oxygen atoms in total. The molecular weight excluding hydrogens is 696 g/mol. The molecule has 0 aliphatic carbocycles. The summed E-state index contributed by atoms with van der Waals surface area (Å²) in [5.74, 6) is -5.45. The number of alkyl halides is 6. The molecule has 0 atom stereocenters. The number of carbonyl (C=O) groups excluding carboxylic acids is 4. The number of aryl methyl sites for hydroxylation is 2. The SMILES string of the molecule is CC(C)C(=O)N1CCC(CC(=O)Nc2ccc3cc2CCc2cncc(c2)Nc2ncc(Cl)c(n2)N3)CC1.O=C(C(=O)C(F)(F)F)C(F)(F)F. The monoisotopic (exact) mass is 727 g/mol. The Morgan fingerprint density at radius 1 is 0.920 bits per heavy atom. The second-order valence-electron chi connectivity index (χ2n) is 11.9. The maximum atomic E-state index is 13.0. The number of fused-ring (bicyclic) bond motifs is 6. The zero-order valence-corrected chi connectivity index (χ0v) is 27.5. The van der Waals surface area contributed by atoms with Crippen molar-refractivity contribution < 1.29 is 45.5 Å². The molecule has 0 radical (unpaired) electrons. The van der Waals surface area contributed by atoms with Gasteiger partial charge in [0.2, 0.25) is 17.8 Å². The van der Waals surface area contributed by atoms with Gasteiger partial charge in [-0.25, -0.2) is 4.98 Å². The van der Waals surface area contributed by atoms with E-state index in [2.05, 4.69) is 30.9 Å². The maximum absolute atomic E-state index is 13.0. The highest BCUT2D eigenvalue weighted by Crippen LogP contribution is 2.30. The summed E-state index contributed by atoms with van der Waals surface area (Å²) in [6.45, 7) is 5.29. The molecule has 1 fully saturated rings. The molecule has 4 heterocycles. The average Bonchev–Trinajstić information content (AvgIpc) is 3.05. The molecule has 6 bridgehead atoms. The zero-order chi connectivity index (χ0) is 36.8. The van der Waals surface area contributed by atoms with Crippen molar-refractivity contribution in [3.8, 4) is 0 Å². The second-order valence-corrected chi connectivity index (χ2v) is 12.3. The van der Waals surface area contributed by atoms with Crippen molar-refractivity contribution in [1.29, 1.82) is 0 Å². The molecule has 1 aromatic carbocycles. The van der Waals surface area contributed by atoms with Gasteiger partial charge in [0.15, 0.2) is 5.82 Å². The number of amides is 2. The summed E-state index contributed by atoms with van der Waals surface area (Å²) in [6.07, 6.45) is -2.83. The first-order valence-corrected chi connectivity index (χ1v) is 15.7. The van der Waals surface area contributed by atoms with Gasteiger partial charge in [0.1, 0.15) is 5.02 Å². The zero-order valence-electron chi connectivity index (χ0n) is 26.7. The van der Waals surface area contributed by atoms with Gasteiger partial charge >= 0.3 is 23.9 Å². The molecule has 2 amide bonds. The molecule has 1 saturated heterocycles. The Kier molecular flexibility index (Phi) is 12.0. The van der Waals surface area contributed by atoms with Gasteiger partial charge in [0.05, 0.1) is 18.1 Å². The van der Waals surface area contributed by atoms with Gasteiger partial charge in [-0.3, -0.25) is 24.2 Å². The van der Waals surface area contributed by atoms with Crippen LogP contribution in [0.5, 0.6) is 0 Å². The third-order valence-corrected chi connectivity index (χ3v) is 8.01. The van der Waals surface area contributed by atoms with E-state index in [9.17, 15) is 45.5 Å². The van der Waals surface area contributed by atoms with Crippen LogP contribution in [-0.4, -0.2) is 68.7 Å². The summed E-state index contributed by atoms with van der Waals surface area (Å²) in [5, 5.41) is 10.0. The first-order valence-electron chi connectivity index (χ1n) is 15.4. The predicted octanol–water partition coefficient (Wildman–Crippen LogP) is 6.58. The van der Waals surface area contributed by atoms with E-state index in [0.717, 1.165) is 60.5 Å². The molecule has 0 unspecified atom stereocenters. The number of hydrogen-bond acceptors (Lipinski definition) is 9. The Hall–Kier alpha value is -4.80. The smallest absolute Gasteiger partial charge is 0.342 e. The number of nitrogens with one attached hydrogen (secondary N) is 3. The third kappa shape index (κ3) is 10.4. The molecule has 0 spiro atoms. The number of hydrogen-bond donors (Lipinski definition) is 3. The van der Waals surface area contributed by atoms with Crippen LogP contribution in [0.4, 0.5) is 55.2 Å². The summed E-state index contributed by atoms with van der Waals surface area (Å²) in [7, 11) is 0. The van der Waals surface area contributed by atoms with Crippen molar-refractivity contribution in [2.75, 3.05) is 29.0 Å². The number of pyridine rings is 1. The Labute approximate surface area is 287 Å². The fourth-order valence-electron chi connectivity index (χ4n) is 5.20. The number of piperidine rings is 1. The summed E-state index contributed by atoms with van der Waals surface area (Å²) >= 11 is 6.36. The van der Waals surface area contributed by atoms with E-state index in [1.807, 2.05) is 49.2 Å². The van der Waals surface area contributed by atoms with Gasteiger partial charge in [0.25, 0.3) is 0 Å². The number of carbonyl (C=O) groups is 4. The maximum Gasteiger partial charge on any atom is 0.458 e. The van der Waals surface area contributed by atoms with Crippen molar-refractivity contribution in [2.45, 2.75) is 58.3 Å². The molecule has 2 aromatic heterocycles. The van der Waals surface area contributed by atoms with E-state index >= 15 is 0 Å². The Morgan fingerprint density at radius 3 is 2.20 bits per heavy atom. The molecule has 2 aliphatic heterocycles. The summed E-state index contributed by atoms with van der Waals surface area (Å²) in [5.41, 5.74) is 4.46. The largest absolute Gasteiger partial charge is 0.458 e. The fraction of sp³-hybridized carbons (Fsp3) is 0.406. The van der Waals surface area contributed by atoms with E-state index in [4.69, 9.17) is 11.6 Å². The topological polar surface area (TPSA) is 146 Å². The van der Waals surface area contributed by atoms with Gasteiger partial charge < -0.3 is 20.9 Å². The van der Waals surface area contributed by atoms with Crippen LogP contribution in [0, 0.1) is 11.8 Å². The van der Waals surface area contributed by atoms with Crippen LogP contribution in [0.2, 0.25) is 5.02 Å². The second kappa shape index (κ2) is 15.8. The van der Waals surface area contributed by atoms with Crippen LogP contribution in [0.1, 0.15) is 44.2 Å². The number of Topliss-reactive ketones (excluding diaryl/α,β-unsaturated/α-hetero) is 2. The van der Waals surface area contributed by atoms with Crippen LogP contribution in [0.3, 0.4) is 0 Å². The Morgan fingerprint density at radius 2 is 1.58 bits per heavy atom. The van der Waals surface area contributed by atoms with E-state index in [0.29, 0.717) is 29.6 Å². The minimum absolute atomic E-state index is 0.00476. The van der Waals surface area contributed by atoms with Crippen molar-refractivity contribution in [1.82, 2.24) is 19.9 Å². The van der Waals surface area contributed by atoms with Crippen LogP contribution < -0.4 is 16.0 Å². The molecule has 0 saturated carbocycles. The first-order chi connectivity index (χ1) is 23.4. The number of halogens is 7. The van der Waals surface area contributed by atoms with Crippen molar-refractivity contribution >= 4 is 63.8 Å². The lowest BCUT2D eigenvalue weighted by atomic mass is 9.92. The highest BCUT2D eigenvalue weighted by Gasteiger charge is 2.54. The Bertz CT molecular complexity index is 1720. The standard InChI is InChI=1S/C28H32ClN7O2.C4F6O2/c1-17(2)27(38)36-9-7-18(8-10-36)12-25(37)34-24-6-5-21-13-20(24)4-3-19-11-22(15-30-14-19)33-28-31-16-23(29)26(32-21)35-28;5-3(6,7)1(11)2(12)4(8,9)10/h5-6,11,13-18H,3-4,7-10,12H2,1-2H3,(H,34,37)(H2,31,32,33,35);. The van der Waals surface area contributed by atoms with E-state index in [1.165, 1.54) is 0 Å². The van der Waals surface area contributed by atoms with Gasteiger partial charge in [-0.1, -0.05) is 25.4 Å². The van der Waals surface area contributed by atoms with E-state index in [1.54, 1.807) is 12.4 Å². The molecule has 5 rings (SSSR count). The molecule has 18 heteroatoms. The number of likely N-dealkylation sites (tertiary alicyclic amines) is 1. The summed E-state index contributed by atoms with van der Waals surface area (Å²) < 4.78 is 67.0. The lowest BCUT2D eigenvalue weighted by Crippen LogP contribution is -2.41. The number of nitrogens with zero attached hydrogens (tertiary/aromatic N) is 4. The number of ketones is 2. The molecule has 50 heavy (non-hydrogen) atoms. The van der Waals surface area contributed by atoms with Gasteiger partial charge in [-0.05, 0) is 67.0 Å². The lowest BCUT2D eigenvalue weighted by molar-refractivity contribution is -0.193. The fourth-order valence-corrected chi connectivity index (χ4v) is 5.33. The molecule has 3 aromatic rings. The summed E-state index contributed by atoms with van der Waals surface area (Å²) in [4.78, 5) is 59.6. The minimum atomic E-state index is -5.77. The molecular formula is C32H32ClF6N7O4. The number of anilines is 5. The van der Waals surface area contributed by atoms with Crippen LogP contribution in [-0.2, 0) is 32.0 Å². The minimum Gasteiger partial charge on any atom is -0.342 e. The molecule has 268 valence electrons. The van der Waals surface area contributed by atoms with Gasteiger partial charge in [0, 0.05) is 43.0 Å². The quantitative estimate of drug-likeness (QED) is 0.196. The number of rotatable bonds is 5. The van der Waals surface area contributed by atoms with Gasteiger partial charge in [-0.15, -0.1) is 0 Å². The van der Waals surface area contributed by atoms with Crippen molar-refractivity contribution in [3.05, 3.63) is 59.0 Å². The van der Waals surface area contributed by atoms with Gasteiger partial charge in [-0.2, -0.15) is 31.3 Å². The molecule has 2 aliphatic rings. The number of benzene rings is 1. The van der Waals surface area contributed by atoms with Crippen LogP contribution in [0.25, 0.3) is 0 Å². The van der Waals surface area contributed by atoms with Crippen LogP contribution in [0.15, 0.2) is 42.9 Å². The van der Waals surface area contributed by atoms with Crippen molar-refractivity contribution in [2.24, 2.45) is 11.8 Å². The molecule has 3 N–H and O–H groups in total. The summed E-state index contributed by atoms with van der Waals surface area (Å²) in [6, 6.07) is 7.87. The number of aromatic nitrogens is 3. The highest BCUT2D eigenvalue weighted by molar-refractivity contribution is 6.41. The highest BCUT2D eigenvalue weighted by atomic mass is 35.5. The first kappa shape index (κ1) is 38.0.